The number of carbonyl (C=O) groups excluding carboxylic acids is 2. The highest BCUT2D eigenvalue weighted by Gasteiger charge is 2.25. The van der Waals surface area contributed by atoms with Gasteiger partial charge in [0.1, 0.15) is 11.6 Å². The van der Waals surface area contributed by atoms with Gasteiger partial charge in [-0.3, -0.25) is 9.59 Å². The third-order valence-corrected chi connectivity index (χ3v) is 6.19. The predicted molar refractivity (Wildman–Crippen MR) is 120 cm³/mol. The van der Waals surface area contributed by atoms with Gasteiger partial charge in [0.05, 0.1) is 17.7 Å². The van der Waals surface area contributed by atoms with E-state index in [4.69, 9.17) is 16.3 Å². The Morgan fingerprint density at radius 2 is 1.48 bits per heavy atom. The maximum atomic E-state index is 12.8. The zero-order valence-corrected chi connectivity index (χ0v) is 18.5. The van der Waals surface area contributed by atoms with E-state index in [2.05, 4.69) is 9.88 Å². The number of hydrogen-bond donors (Lipinski definition) is 0. The zero-order valence-electron chi connectivity index (χ0n) is 17.7. The molecular formula is C23H27ClN4O3. The van der Waals surface area contributed by atoms with Crippen molar-refractivity contribution >= 4 is 29.2 Å². The van der Waals surface area contributed by atoms with Crippen LogP contribution in [0.25, 0.3) is 0 Å². The molecule has 3 heterocycles. The Labute approximate surface area is 187 Å². The summed E-state index contributed by atoms with van der Waals surface area (Å²) in [4.78, 5) is 35.7. The van der Waals surface area contributed by atoms with Crippen LogP contribution >= 0.6 is 11.6 Å². The van der Waals surface area contributed by atoms with Crippen molar-refractivity contribution in [1.82, 2.24) is 14.8 Å². The maximum absolute atomic E-state index is 12.8. The summed E-state index contributed by atoms with van der Waals surface area (Å²) in [6.45, 7) is 4.02. The van der Waals surface area contributed by atoms with E-state index >= 15 is 0 Å². The number of benzene rings is 1. The third-order valence-electron chi connectivity index (χ3n) is 5.92. The zero-order chi connectivity index (χ0) is 21.8. The first-order valence-corrected chi connectivity index (χ1v) is 11.1. The molecule has 164 valence electrons. The van der Waals surface area contributed by atoms with Crippen LogP contribution in [0.4, 0.5) is 5.82 Å². The summed E-state index contributed by atoms with van der Waals surface area (Å²) in [5, 5.41) is 0.470. The normalized spacial score (nSPS) is 16.9. The number of aromatic nitrogens is 1. The van der Waals surface area contributed by atoms with Crippen LogP contribution in [0.15, 0.2) is 36.5 Å². The number of halogens is 1. The highest BCUT2D eigenvalue weighted by Crippen LogP contribution is 2.26. The van der Waals surface area contributed by atoms with Crippen LogP contribution in [-0.2, 0) is 0 Å². The van der Waals surface area contributed by atoms with Gasteiger partial charge in [-0.25, -0.2) is 4.98 Å². The van der Waals surface area contributed by atoms with E-state index in [1.807, 2.05) is 9.80 Å². The average Bonchev–Trinajstić information content (AvgIpc) is 2.84. The standard InChI is InChI=1S/C23H27ClN4O3/c1-31-19-7-5-17(6-8-19)22(29)28-13-11-26(12-14-28)21-20(24)15-18(16-25-21)23(30)27-9-3-2-4-10-27/h5-8,15-16H,2-4,9-14H2,1H3. The van der Waals surface area contributed by atoms with Crippen LogP contribution in [0.2, 0.25) is 5.02 Å². The Bertz CT molecular complexity index is 936. The van der Waals surface area contributed by atoms with Crippen LogP contribution < -0.4 is 9.64 Å². The molecule has 8 heteroatoms. The maximum Gasteiger partial charge on any atom is 0.255 e. The molecule has 0 spiro atoms. The molecule has 0 bridgehead atoms. The molecule has 0 aliphatic carbocycles. The minimum absolute atomic E-state index is 0.00355. The molecule has 0 unspecified atom stereocenters. The van der Waals surface area contributed by atoms with Crippen molar-refractivity contribution in [3.63, 3.8) is 0 Å². The number of piperidine rings is 1. The lowest BCUT2D eigenvalue weighted by Gasteiger charge is -2.36. The van der Waals surface area contributed by atoms with Crippen LogP contribution in [0.3, 0.4) is 0 Å². The fourth-order valence-corrected chi connectivity index (χ4v) is 4.38. The van der Waals surface area contributed by atoms with Crippen molar-refractivity contribution in [2.75, 3.05) is 51.3 Å². The molecule has 1 aromatic carbocycles. The Kier molecular flexibility index (Phi) is 6.61. The SMILES string of the molecule is COc1ccc(C(=O)N2CCN(c3ncc(C(=O)N4CCCCC4)cc3Cl)CC2)cc1. The monoisotopic (exact) mass is 442 g/mol. The first-order valence-electron chi connectivity index (χ1n) is 10.7. The molecule has 0 N–H and O–H groups in total. The van der Waals surface area contributed by atoms with E-state index in [0.29, 0.717) is 48.1 Å². The average molecular weight is 443 g/mol. The van der Waals surface area contributed by atoms with Gasteiger partial charge in [0.25, 0.3) is 11.8 Å². The molecule has 31 heavy (non-hydrogen) atoms. The minimum Gasteiger partial charge on any atom is -0.497 e. The van der Waals surface area contributed by atoms with Gasteiger partial charge in [-0.15, -0.1) is 0 Å². The van der Waals surface area contributed by atoms with Crippen molar-refractivity contribution in [1.29, 1.82) is 0 Å². The van der Waals surface area contributed by atoms with Crippen molar-refractivity contribution < 1.29 is 14.3 Å². The van der Waals surface area contributed by atoms with Crippen LogP contribution in [0, 0.1) is 0 Å². The van der Waals surface area contributed by atoms with Gasteiger partial charge in [0, 0.05) is 51.0 Å². The van der Waals surface area contributed by atoms with Crippen LogP contribution in [0.1, 0.15) is 40.0 Å². The molecule has 2 aromatic rings. The molecule has 2 aliphatic heterocycles. The number of nitrogens with zero attached hydrogens (tertiary/aromatic N) is 4. The number of likely N-dealkylation sites (tertiary alicyclic amines) is 1. The van der Waals surface area contributed by atoms with Gasteiger partial charge < -0.3 is 19.4 Å². The van der Waals surface area contributed by atoms with Gasteiger partial charge in [-0.2, -0.15) is 0 Å². The number of carbonyl (C=O) groups is 2. The number of pyridine rings is 1. The van der Waals surface area contributed by atoms with E-state index in [1.54, 1.807) is 43.6 Å². The first kappa shape index (κ1) is 21.4. The topological polar surface area (TPSA) is 66.0 Å². The largest absolute Gasteiger partial charge is 0.497 e. The van der Waals surface area contributed by atoms with Crippen LogP contribution in [-0.4, -0.2) is 73.0 Å². The second-order valence-corrected chi connectivity index (χ2v) is 8.30. The molecule has 2 aliphatic rings. The molecule has 2 fully saturated rings. The number of hydrogen-bond acceptors (Lipinski definition) is 5. The fourth-order valence-electron chi connectivity index (χ4n) is 4.10. The molecular weight excluding hydrogens is 416 g/mol. The van der Waals surface area contributed by atoms with Crippen molar-refractivity contribution in [3.05, 3.63) is 52.7 Å². The van der Waals surface area contributed by atoms with E-state index < -0.39 is 0 Å². The van der Waals surface area contributed by atoms with E-state index in [0.717, 1.165) is 31.7 Å². The molecule has 1 aromatic heterocycles. The summed E-state index contributed by atoms with van der Waals surface area (Å²) in [5.41, 5.74) is 1.18. The lowest BCUT2D eigenvalue weighted by atomic mass is 10.1. The lowest BCUT2D eigenvalue weighted by Crippen LogP contribution is -2.49. The van der Waals surface area contributed by atoms with E-state index in [1.165, 1.54) is 6.42 Å². The van der Waals surface area contributed by atoms with Crippen molar-refractivity contribution in [3.8, 4) is 5.75 Å². The Morgan fingerprint density at radius 3 is 2.10 bits per heavy atom. The van der Waals surface area contributed by atoms with Gasteiger partial charge in [0.15, 0.2) is 0 Å². The molecule has 0 atom stereocenters. The Balaban J connectivity index is 1.38. The van der Waals surface area contributed by atoms with Gasteiger partial charge in [0.2, 0.25) is 0 Å². The fraction of sp³-hybridized carbons (Fsp3) is 0.435. The Morgan fingerprint density at radius 1 is 0.871 bits per heavy atom. The summed E-state index contributed by atoms with van der Waals surface area (Å²) < 4.78 is 5.15. The number of rotatable bonds is 4. The van der Waals surface area contributed by atoms with E-state index in [9.17, 15) is 9.59 Å². The predicted octanol–water partition coefficient (Wildman–Crippen LogP) is 3.33. The smallest absolute Gasteiger partial charge is 0.255 e. The number of piperazine rings is 1. The highest BCUT2D eigenvalue weighted by atomic mass is 35.5. The summed E-state index contributed by atoms with van der Waals surface area (Å²) >= 11 is 6.50. The van der Waals surface area contributed by atoms with Gasteiger partial charge in [-0.05, 0) is 49.6 Å². The number of amides is 2. The highest BCUT2D eigenvalue weighted by molar-refractivity contribution is 6.33. The van der Waals surface area contributed by atoms with Gasteiger partial charge >= 0.3 is 0 Å². The second kappa shape index (κ2) is 9.56. The molecule has 0 radical (unpaired) electrons. The quantitative estimate of drug-likeness (QED) is 0.726. The number of methoxy groups -OCH3 is 1. The molecule has 7 nitrogen and oxygen atoms in total. The summed E-state index contributed by atoms with van der Waals surface area (Å²) in [5.74, 6) is 1.39. The molecule has 2 amide bonds. The first-order chi connectivity index (χ1) is 15.1. The van der Waals surface area contributed by atoms with E-state index in [-0.39, 0.29) is 11.8 Å². The third kappa shape index (κ3) is 4.77. The minimum atomic E-state index is -0.00411. The second-order valence-electron chi connectivity index (χ2n) is 7.89. The lowest BCUT2D eigenvalue weighted by molar-refractivity contribution is 0.0721. The van der Waals surface area contributed by atoms with Gasteiger partial charge in [-0.1, -0.05) is 11.6 Å². The number of ether oxygens (including phenoxy) is 1. The Hall–Kier alpha value is -2.80. The molecule has 0 saturated carbocycles. The molecule has 2 saturated heterocycles. The number of anilines is 1. The molecule has 4 rings (SSSR count). The van der Waals surface area contributed by atoms with Crippen molar-refractivity contribution in [2.24, 2.45) is 0 Å². The van der Waals surface area contributed by atoms with Crippen molar-refractivity contribution in [2.45, 2.75) is 19.3 Å². The summed E-state index contributed by atoms with van der Waals surface area (Å²) in [7, 11) is 1.60. The summed E-state index contributed by atoms with van der Waals surface area (Å²) in [6, 6.07) is 8.86. The summed E-state index contributed by atoms with van der Waals surface area (Å²) in [6.07, 6.45) is 4.89. The van der Waals surface area contributed by atoms with Crippen LogP contribution in [0.5, 0.6) is 5.75 Å².